The van der Waals surface area contributed by atoms with Gasteiger partial charge in [0.25, 0.3) is 5.91 Å². The van der Waals surface area contributed by atoms with E-state index in [0.717, 1.165) is 0 Å². The average Bonchev–Trinajstić information content (AvgIpc) is 2.62. The van der Waals surface area contributed by atoms with Crippen molar-refractivity contribution in [3.8, 4) is 23.3 Å². The Morgan fingerprint density at radius 3 is 2.81 bits per heavy atom. The molecule has 0 saturated heterocycles. The van der Waals surface area contributed by atoms with Crippen molar-refractivity contribution < 1.29 is 19.4 Å². The molecule has 0 bridgehead atoms. The average molecular weight is 464 g/mol. The minimum atomic E-state index is -0.539. The molecule has 134 valence electrons. The van der Waals surface area contributed by atoms with Gasteiger partial charge in [-0.15, -0.1) is 0 Å². The number of halogens is 1. The summed E-state index contributed by atoms with van der Waals surface area (Å²) in [4.78, 5) is 12.4. The lowest BCUT2D eigenvalue weighted by molar-refractivity contribution is -0.112. The second kappa shape index (κ2) is 9.10. The van der Waals surface area contributed by atoms with E-state index in [4.69, 9.17) is 9.47 Å². The van der Waals surface area contributed by atoms with Crippen molar-refractivity contribution in [2.24, 2.45) is 0 Å². The standard InChI is InChI=1S/C19H17IN2O4/c1-3-26-15-6-4-5-14(10-15)22-19(24)13(11-21)7-12-8-16(20)18(23)17(9-12)25-2/h4-10,23H,3H2,1-2H3,(H,22,24)/b13-7-. The van der Waals surface area contributed by atoms with Crippen molar-refractivity contribution in [2.45, 2.75) is 6.92 Å². The Balaban J connectivity index is 2.26. The van der Waals surface area contributed by atoms with Crippen LogP contribution < -0.4 is 14.8 Å². The van der Waals surface area contributed by atoms with E-state index < -0.39 is 5.91 Å². The molecule has 2 aromatic rings. The molecule has 0 fully saturated rings. The van der Waals surface area contributed by atoms with Crippen molar-refractivity contribution in [2.75, 3.05) is 19.0 Å². The number of hydrogen-bond donors (Lipinski definition) is 2. The van der Waals surface area contributed by atoms with Gasteiger partial charge in [-0.25, -0.2) is 0 Å². The highest BCUT2D eigenvalue weighted by molar-refractivity contribution is 14.1. The lowest BCUT2D eigenvalue weighted by Crippen LogP contribution is -2.13. The smallest absolute Gasteiger partial charge is 0.266 e. The molecule has 0 unspecified atom stereocenters. The second-order valence-corrected chi connectivity index (χ2v) is 6.30. The molecular formula is C19H17IN2O4. The van der Waals surface area contributed by atoms with Crippen molar-refractivity contribution in [1.29, 1.82) is 5.26 Å². The van der Waals surface area contributed by atoms with Crippen LogP contribution in [-0.2, 0) is 4.79 Å². The predicted molar refractivity (Wildman–Crippen MR) is 107 cm³/mol. The predicted octanol–water partition coefficient (Wildman–Crippen LogP) is 3.95. The Bertz CT molecular complexity index is 888. The second-order valence-electron chi connectivity index (χ2n) is 5.14. The first-order valence-corrected chi connectivity index (χ1v) is 8.78. The quantitative estimate of drug-likeness (QED) is 0.384. The molecule has 2 rings (SSSR count). The summed E-state index contributed by atoms with van der Waals surface area (Å²) in [6.45, 7) is 2.39. The normalized spacial score (nSPS) is 10.8. The van der Waals surface area contributed by atoms with Crippen LogP contribution in [0.25, 0.3) is 6.08 Å². The largest absolute Gasteiger partial charge is 0.504 e. The molecule has 0 saturated carbocycles. The van der Waals surface area contributed by atoms with Crippen molar-refractivity contribution >= 4 is 40.3 Å². The van der Waals surface area contributed by atoms with Crippen LogP contribution in [0.3, 0.4) is 0 Å². The summed E-state index contributed by atoms with van der Waals surface area (Å²) >= 11 is 1.95. The van der Waals surface area contributed by atoms with Gasteiger partial charge in [-0.1, -0.05) is 6.07 Å². The van der Waals surface area contributed by atoms with E-state index in [-0.39, 0.29) is 17.1 Å². The van der Waals surface area contributed by atoms with Crippen LogP contribution in [0.15, 0.2) is 42.0 Å². The molecule has 0 atom stereocenters. The first kappa shape index (κ1) is 19.6. The number of methoxy groups -OCH3 is 1. The zero-order chi connectivity index (χ0) is 19.1. The first-order chi connectivity index (χ1) is 12.5. The molecule has 1 amide bonds. The number of benzene rings is 2. The molecule has 0 aliphatic rings. The summed E-state index contributed by atoms with van der Waals surface area (Å²) in [6, 6.07) is 12.0. The summed E-state index contributed by atoms with van der Waals surface area (Å²) in [5, 5.41) is 21.9. The number of carbonyl (C=O) groups excluding carboxylic acids is 1. The highest BCUT2D eigenvalue weighted by atomic mass is 127. The van der Waals surface area contributed by atoms with Gasteiger partial charge in [0, 0.05) is 11.8 Å². The van der Waals surface area contributed by atoms with Gasteiger partial charge in [0.05, 0.1) is 17.3 Å². The zero-order valence-corrected chi connectivity index (χ0v) is 16.4. The van der Waals surface area contributed by atoms with Crippen LogP contribution in [-0.4, -0.2) is 24.7 Å². The van der Waals surface area contributed by atoms with Gasteiger partial charge >= 0.3 is 0 Å². The number of nitrogens with one attached hydrogen (secondary N) is 1. The van der Waals surface area contributed by atoms with Gasteiger partial charge in [0.15, 0.2) is 11.5 Å². The third-order valence-corrected chi connectivity index (χ3v) is 4.17. The lowest BCUT2D eigenvalue weighted by atomic mass is 10.1. The molecule has 7 heteroatoms. The maximum atomic E-state index is 12.4. The molecule has 6 nitrogen and oxygen atoms in total. The number of phenols is 1. The van der Waals surface area contributed by atoms with Crippen LogP contribution in [0.2, 0.25) is 0 Å². The number of carbonyl (C=O) groups is 1. The molecule has 26 heavy (non-hydrogen) atoms. The minimum absolute atomic E-state index is 0.0148. The fraction of sp³-hybridized carbons (Fsp3) is 0.158. The number of nitrogens with zero attached hydrogens (tertiary/aromatic N) is 1. The van der Waals surface area contributed by atoms with Gasteiger partial charge in [-0.05, 0) is 65.4 Å². The van der Waals surface area contributed by atoms with Gasteiger partial charge in [-0.3, -0.25) is 4.79 Å². The molecule has 0 aliphatic heterocycles. The Morgan fingerprint density at radius 2 is 2.15 bits per heavy atom. The number of ether oxygens (including phenoxy) is 2. The highest BCUT2D eigenvalue weighted by Gasteiger charge is 2.12. The zero-order valence-electron chi connectivity index (χ0n) is 14.2. The van der Waals surface area contributed by atoms with Crippen LogP contribution >= 0.6 is 22.6 Å². The van der Waals surface area contributed by atoms with Gasteiger partial charge in [-0.2, -0.15) is 5.26 Å². The lowest BCUT2D eigenvalue weighted by Gasteiger charge is -2.08. The summed E-state index contributed by atoms with van der Waals surface area (Å²) in [5.74, 6) is 0.375. The fourth-order valence-electron chi connectivity index (χ4n) is 2.18. The van der Waals surface area contributed by atoms with E-state index in [1.54, 1.807) is 36.4 Å². The number of hydrogen-bond acceptors (Lipinski definition) is 5. The Labute approximate surface area is 165 Å². The molecular weight excluding hydrogens is 447 g/mol. The van der Waals surface area contributed by atoms with Crippen LogP contribution in [0, 0.1) is 14.9 Å². The van der Waals surface area contributed by atoms with Crippen LogP contribution in [0.5, 0.6) is 17.2 Å². The fourth-order valence-corrected chi connectivity index (χ4v) is 2.80. The molecule has 2 aromatic carbocycles. The molecule has 2 N–H and O–H groups in total. The van der Waals surface area contributed by atoms with Crippen LogP contribution in [0.1, 0.15) is 12.5 Å². The number of amides is 1. The summed E-state index contributed by atoms with van der Waals surface area (Å²) in [7, 11) is 1.43. The third-order valence-electron chi connectivity index (χ3n) is 3.35. The minimum Gasteiger partial charge on any atom is -0.504 e. The molecule has 0 heterocycles. The van der Waals surface area contributed by atoms with Crippen molar-refractivity contribution in [1.82, 2.24) is 0 Å². The number of anilines is 1. The number of rotatable bonds is 6. The Hall–Kier alpha value is -2.73. The van der Waals surface area contributed by atoms with E-state index >= 15 is 0 Å². The molecule has 0 aromatic heterocycles. The van der Waals surface area contributed by atoms with E-state index in [1.165, 1.54) is 13.2 Å². The third kappa shape index (κ3) is 4.89. The number of phenolic OH excluding ortho intramolecular Hbond substituents is 1. The Morgan fingerprint density at radius 1 is 1.38 bits per heavy atom. The monoisotopic (exact) mass is 464 g/mol. The number of aromatic hydroxyl groups is 1. The Kier molecular flexibility index (Phi) is 6.86. The van der Waals surface area contributed by atoms with Crippen molar-refractivity contribution in [3.05, 3.63) is 51.1 Å². The van der Waals surface area contributed by atoms with Crippen LogP contribution in [0.4, 0.5) is 5.69 Å². The van der Waals surface area contributed by atoms with E-state index in [9.17, 15) is 15.2 Å². The maximum absolute atomic E-state index is 12.4. The van der Waals surface area contributed by atoms with Gasteiger partial charge in [0.1, 0.15) is 17.4 Å². The molecule has 0 spiro atoms. The first-order valence-electron chi connectivity index (χ1n) is 7.71. The van der Waals surface area contributed by atoms with E-state index in [0.29, 0.717) is 27.2 Å². The summed E-state index contributed by atoms with van der Waals surface area (Å²) < 4.78 is 11.0. The molecule has 0 radical (unpaired) electrons. The van der Waals surface area contributed by atoms with Gasteiger partial charge in [0.2, 0.25) is 0 Å². The summed E-state index contributed by atoms with van der Waals surface area (Å²) in [6.07, 6.45) is 1.44. The number of nitriles is 1. The molecule has 0 aliphatic carbocycles. The maximum Gasteiger partial charge on any atom is 0.266 e. The van der Waals surface area contributed by atoms with E-state index in [1.807, 2.05) is 35.6 Å². The van der Waals surface area contributed by atoms with E-state index in [2.05, 4.69) is 5.32 Å². The highest BCUT2D eigenvalue weighted by Crippen LogP contribution is 2.33. The van der Waals surface area contributed by atoms with Crippen molar-refractivity contribution in [3.63, 3.8) is 0 Å². The SMILES string of the molecule is CCOc1cccc(NC(=O)/C(C#N)=C\c2cc(I)c(O)c(OC)c2)c1. The van der Waals surface area contributed by atoms with Gasteiger partial charge < -0.3 is 19.9 Å². The summed E-state index contributed by atoms with van der Waals surface area (Å²) in [5.41, 5.74) is 1.02. The topological polar surface area (TPSA) is 91.6 Å².